The van der Waals surface area contributed by atoms with Crippen molar-refractivity contribution in [3.05, 3.63) is 0 Å². The highest BCUT2D eigenvalue weighted by Crippen LogP contribution is 1.97. The van der Waals surface area contributed by atoms with E-state index in [4.69, 9.17) is 39.7 Å². The average molecular weight is 443 g/mol. The van der Waals surface area contributed by atoms with E-state index < -0.39 is 24.1 Å². The van der Waals surface area contributed by atoms with Gasteiger partial charge in [-0.3, -0.25) is 9.59 Å². The van der Waals surface area contributed by atoms with Crippen molar-refractivity contribution in [2.24, 2.45) is 5.92 Å². The van der Waals surface area contributed by atoms with Crippen LogP contribution >= 0.6 is 0 Å². The first-order valence-corrected chi connectivity index (χ1v) is 10.0. The molecule has 10 heteroatoms. The maximum atomic E-state index is 9.64. The van der Waals surface area contributed by atoms with Crippen LogP contribution in [-0.2, 0) is 23.8 Å². The van der Waals surface area contributed by atoms with Gasteiger partial charge in [-0.1, -0.05) is 13.8 Å². The number of ether oxygens (including phenoxy) is 3. The maximum Gasteiger partial charge on any atom is 0.303 e. The molecule has 0 spiro atoms. The largest absolute Gasteiger partial charge is 0.481 e. The third-order valence-corrected chi connectivity index (χ3v) is 2.86. The van der Waals surface area contributed by atoms with E-state index in [2.05, 4.69) is 13.8 Å². The normalized spacial score (nSPS) is 14.5. The van der Waals surface area contributed by atoms with E-state index in [1.165, 1.54) is 0 Å². The lowest BCUT2D eigenvalue weighted by Gasteiger charge is -2.15. The lowest BCUT2D eigenvalue weighted by Crippen LogP contribution is -2.22. The molecule has 0 bridgehead atoms. The van der Waals surface area contributed by atoms with Gasteiger partial charge in [-0.25, -0.2) is 0 Å². The van der Waals surface area contributed by atoms with Crippen molar-refractivity contribution < 1.29 is 49.3 Å². The van der Waals surface area contributed by atoms with Crippen molar-refractivity contribution in [2.75, 3.05) is 33.0 Å². The van der Waals surface area contributed by atoms with Crippen LogP contribution in [0.5, 0.6) is 0 Å². The molecule has 0 saturated heterocycles. The monoisotopic (exact) mass is 442 g/mol. The van der Waals surface area contributed by atoms with Gasteiger partial charge in [0.2, 0.25) is 0 Å². The van der Waals surface area contributed by atoms with Crippen molar-refractivity contribution in [3.8, 4) is 0 Å². The van der Waals surface area contributed by atoms with Crippen molar-refractivity contribution in [1.82, 2.24) is 0 Å². The van der Waals surface area contributed by atoms with Gasteiger partial charge in [-0.05, 0) is 33.6 Å². The molecule has 0 aliphatic heterocycles. The molecule has 0 saturated carbocycles. The van der Waals surface area contributed by atoms with Crippen LogP contribution in [0.4, 0.5) is 0 Å². The van der Waals surface area contributed by atoms with E-state index in [-0.39, 0.29) is 31.7 Å². The number of carboxylic acids is 2. The summed E-state index contributed by atoms with van der Waals surface area (Å²) < 4.78 is 15.6. The smallest absolute Gasteiger partial charge is 0.303 e. The summed E-state index contributed by atoms with van der Waals surface area (Å²) in [4.78, 5) is 19.3. The van der Waals surface area contributed by atoms with Gasteiger partial charge < -0.3 is 39.7 Å². The highest BCUT2D eigenvalue weighted by atomic mass is 16.5. The molecule has 0 rings (SSSR count). The summed E-state index contributed by atoms with van der Waals surface area (Å²) in [6.07, 6.45) is -1.54. The topological polar surface area (TPSA) is 163 Å². The molecular formula is C20H42O10. The molecule has 30 heavy (non-hydrogen) atoms. The zero-order chi connectivity index (χ0) is 24.1. The SMILES string of the molecule is CC(C)COCC(C)OCC(C)O.CC(O)COC(C)CO.O=C(O)CCC(=O)O. The Morgan fingerprint density at radius 3 is 1.40 bits per heavy atom. The minimum absolute atomic E-state index is 0.00667. The van der Waals surface area contributed by atoms with Crippen LogP contribution in [0.3, 0.4) is 0 Å². The Kier molecular flexibility index (Phi) is 24.9. The summed E-state index contributed by atoms with van der Waals surface area (Å²) in [5, 5.41) is 41.9. The first-order chi connectivity index (χ1) is 13.8. The molecule has 0 radical (unpaired) electrons. The summed E-state index contributed by atoms with van der Waals surface area (Å²) in [6, 6.07) is 0. The molecule has 0 aromatic heterocycles. The third kappa shape index (κ3) is 37.5. The Morgan fingerprint density at radius 1 is 0.700 bits per heavy atom. The molecule has 10 nitrogen and oxygen atoms in total. The van der Waals surface area contributed by atoms with Crippen LogP contribution in [0.1, 0.15) is 54.4 Å². The average Bonchev–Trinajstić information content (AvgIpc) is 2.63. The van der Waals surface area contributed by atoms with E-state index in [1.54, 1.807) is 20.8 Å². The number of aliphatic hydroxyl groups excluding tert-OH is 3. The first kappa shape index (κ1) is 33.3. The van der Waals surface area contributed by atoms with Crippen molar-refractivity contribution in [2.45, 2.75) is 78.8 Å². The molecule has 4 atom stereocenters. The van der Waals surface area contributed by atoms with Crippen LogP contribution in [0.2, 0.25) is 0 Å². The maximum absolute atomic E-state index is 9.64. The van der Waals surface area contributed by atoms with Gasteiger partial charge in [-0.15, -0.1) is 0 Å². The predicted octanol–water partition coefficient (Wildman–Crippen LogP) is 1.15. The van der Waals surface area contributed by atoms with E-state index >= 15 is 0 Å². The minimum Gasteiger partial charge on any atom is -0.481 e. The second-order valence-corrected chi connectivity index (χ2v) is 7.39. The molecule has 0 aromatic carbocycles. The number of hydrogen-bond acceptors (Lipinski definition) is 8. The molecule has 0 fully saturated rings. The lowest BCUT2D eigenvalue weighted by molar-refractivity contribution is -0.143. The van der Waals surface area contributed by atoms with Crippen molar-refractivity contribution >= 4 is 11.9 Å². The van der Waals surface area contributed by atoms with E-state index in [0.717, 1.165) is 6.61 Å². The fraction of sp³-hybridized carbons (Fsp3) is 0.900. The van der Waals surface area contributed by atoms with E-state index in [1.807, 2.05) is 6.92 Å². The molecule has 0 aliphatic rings. The Labute approximate surface area is 179 Å². The standard InChI is InChI=1S/C10H22O3.C6H14O3.C4H6O4/c1-8(2)5-12-7-10(4)13-6-9(3)11;1-5(8)4-9-6(2)3-7;5-3(6)1-2-4(7)8/h8-11H,5-7H2,1-4H3;5-8H,3-4H2,1-2H3;1-2H2,(H,5,6)(H,7,8). The highest BCUT2D eigenvalue weighted by Gasteiger charge is 2.05. The first-order valence-electron chi connectivity index (χ1n) is 10.0. The number of aliphatic carboxylic acids is 2. The summed E-state index contributed by atoms with van der Waals surface area (Å²) in [5.41, 5.74) is 0. The number of hydrogen-bond donors (Lipinski definition) is 5. The van der Waals surface area contributed by atoms with Crippen LogP contribution in [0, 0.1) is 5.92 Å². The second-order valence-electron chi connectivity index (χ2n) is 7.39. The number of rotatable bonds is 14. The summed E-state index contributed by atoms with van der Waals surface area (Å²) in [7, 11) is 0. The van der Waals surface area contributed by atoms with Gasteiger partial charge in [0.25, 0.3) is 0 Å². The van der Waals surface area contributed by atoms with Gasteiger partial charge in [0, 0.05) is 6.61 Å². The Balaban J connectivity index is -0.000000379. The van der Waals surface area contributed by atoms with E-state index in [9.17, 15) is 9.59 Å². The zero-order valence-corrected chi connectivity index (χ0v) is 19.1. The quantitative estimate of drug-likeness (QED) is 0.264. The Morgan fingerprint density at radius 2 is 1.10 bits per heavy atom. The number of carboxylic acid groups (broad SMARTS) is 2. The van der Waals surface area contributed by atoms with Gasteiger partial charge in [-0.2, -0.15) is 0 Å². The molecule has 0 amide bonds. The van der Waals surface area contributed by atoms with E-state index in [0.29, 0.717) is 25.7 Å². The van der Waals surface area contributed by atoms with Gasteiger partial charge in [0.1, 0.15) is 0 Å². The summed E-state index contributed by atoms with van der Waals surface area (Å²) in [6.45, 7) is 13.3. The highest BCUT2D eigenvalue weighted by molar-refractivity contribution is 5.75. The summed E-state index contributed by atoms with van der Waals surface area (Å²) in [5.74, 6) is -1.59. The Bertz CT molecular complexity index is 385. The van der Waals surface area contributed by atoms with Gasteiger partial charge in [0.15, 0.2) is 0 Å². The second kappa shape index (κ2) is 22.4. The predicted molar refractivity (Wildman–Crippen MR) is 111 cm³/mol. The molecule has 5 N–H and O–H groups in total. The van der Waals surface area contributed by atoms with Crippen molar-refractivity contribution in [1.29, 1.82) is 0 Å². The lowest BCUT2D eigenvalue weighted by atomic mass is 10.2. The zero-order valence-electron chi connectivity index (χ0n) is 19.1. The van der Waals surface area contributed by atoms with Gasteiger partial charge in [0.05, 0.1) is 63.7 Å². The molecule has 182 valence electrons. The van der Waals surface area contributed by atoms with Crippen LogP contribution in [0.15, 0.2) is 0 Å². The van der Waals surface area contributed by atoms with Crippen molar-refractivity contribution in [3.63, 3.8) is 0 Å². The fourth-order valence-electron chi connectivity index (χ4n) is 1.39. The number of carbonyl (C=O) groups is 2. The fourth-order valence-corrected chi connectivity index (χ4v) is 1.39. The Hall–Kier alpha value is -1.30. The van der Waals surface area contributed by atoms with Crippen LogP contribution < -0.4 is 0 Å². The molecule has 0 aromatic rings. The molecule has 4 unspecified atom stereocenters. The molecule has 0 aliphatic carbocycles. The third-order valence-electron chi connectivity index (χ3n) is 2.86. The van der Waals surface area contributed by atoms with Gasteiger partial charge >= 0.3 is 11.9 Å². The minimum atomic E-state index is -1.08. The van der Waals surface area contributed by atoms with Crippen LogP contribution in [0.25, 0.3) is 0 Å². The summed E-state index contributed by atoms with van der Waals surface area (Å²) >= 11 is 0. The molecular weight excluding hydrogens is 400 g/mol. The number of aliphatic hydroxyl groups is 3. The van der Waals surface area contributed by atoms with Crippen LogP contribution in [-0.4, -0.2) is 94.9 Å². The molecule has 0 heterocycles.